The molecule has 1 aromatic rings. The molecule has 24 heavy (non-hydrogen) atoms. The topological polar surface area (TPSA) is 89.9 Å². The molecule has 3 fully saturated rings. The van der Waals surface area contributed by atoms with Crippen LogP contribution in [0, 0.1) is 0 Å². The van der Waals surface area contributed by atoms with Crippen LogP contribution in [0.5, 0.6) is 0 Å². The summed E-state index contributed by atoms with van der Waals surface area (Å²) in [6.07, 6.45) is -5.14. The second-order valence-electron chi connectivity index (χ2n) is 6.62. The second-order valence-corrected chi connectivity index (χ2v) is 6.62. The lowest BCUT2D eigenvalue weighted by Crippen LogP contribution is -2.64. The van der Waals surface area contributed by atoms with E-state index in [0.717, 1.165) is 5.56 Å². The second kappa shape index (κ2) is 6.03. The van der Waals surface area contributed by atoms with Gasteiger partial charge in [-0.3, -0.25) is 0 Å². The van der Waals surface area contributed by atoms with Crippen LogP contribution in [-0.4, -0.2) is 66.5 Å². The smallest absolute Gasteiger partial charge is 0.189 e. The SMILES string of the molecule is CO[C@H]1O[C@@H]2CO[C@@H]([C@]3(C)O[C@H]3c3ccccc3)O[C@H]2[C@H](O)[C@H]1O. The first-order valence-corrected chi connectivity index (χ1v) is 8.09. The van der Waals surface area contributed by atoms with E-state index in [-0.39, 0.29) is 12.7 Å². The minimum Gasteiger partial charge on any atom is -0.387 e. The van der Waals surface area contributed by atoms with E-state index in [2.05, 4.69) is 0 Å². The van der Waals surface area contributed by atoms with Crippen LogP contribution in [0.15, 0.2) is 30.3 Å². The average molecular weight is 338 g/mol. The van der Waals surface area contributed by atoms with Gasteiger partial charge in [-0.1, -0.05) is 30.3 Å². The van der Waals surface area contributed by atoms with Gasteiger partial charge in [0.1, 0.15) is 36.1 Å². The number of hydrogen-bond acceptors (Lipinski definition) is 7. The highest BCUT2D eigenvalue weighted by molar-refractivity contribution is 5.26. The molecule has 0 unspecified atom stereocenters. The summed E-state index contributed by atoms with van der Waals surface area (Å²) in [7, 11) is 1.41. The summed E-state index contributed by atoms with van der Waals surface area (Å²) in [5.41, 5.74) is 0.420. The highest BCUT2D eigenvalue weighted by Gasteiger charge is 2.63. The van der Waals surface area contributed by atoms with E-state index >= 15 is 0 Å². The van der Waals surface area contributed by atoms with Gasteiger partial charge in [0.2, 0.25) is 0 Å². The molecule has 2 N–H and O–H groups in total. The third kappa shape index (κ3) is 2.57. The molecule has 3 aliphatic rings. The van der Waals surface area contributed by atoms with Crippen molar-refractivity contribution in [3.05, 3.63) is 35.9 Å². The summed E-state index contributed by atoms with van der Waals surface area (Å²) < 4.78 is 28.2. The summed E-state index contributed by atoms with van der Waals surface area (Å²) in [4.78, 5) is 0. The van der Waals surface area contributed by atoms with Crippen LogP contribution in [0.25, 0.3) is 0 Å². The van der Waals surface area contributed by atoms with Gasteiger partial charge in [-0.15, -0.1) is 0 Å². The fourth-order valence-electron chi connectivity index (χ4n) is 3.49. The zero-order chi connectivity index (χ0) is 16.9. The predicted octanol–water partition coefficient (Wildman–Crippen LogP) is 0.351. The van der Waals surface area contributed by atoms with Crippen molar-refractivity contribution < 1.29 is 33.9 Å². The molecule has 3 heterocycles. The summed E-state index contributed by atoms with van der Waals surface area (Å²) >= 11 is 0. The van der Waals surface area contributed by atoms with Gasteiger partial charge in [-0.25, -0.2) is 0 Å². The zero-order valence-corrected chi connectivity index (χ0v) is 13.6. The molecular formula is C17H22O7. The Morgan fingerprint density at radius 2 is 1.88 bits per heavy atom. The van der Waals surface area contributed by atoms with Crippen LogP contribution in [0.1, 0.15) is 18.6 Å². The Bertz CT molecular complexity index is 580. The molecule has 0 aliphatic carbocycles. The highest BCUT2D eigenvalue weighted by atomic mass is 16.8. The van der Waals surface area contributed by atoms with Gasteiger partial charge in [0.15, 0.2) is 12.6 Å². The van der Waals surface area contributed by atoms with E-state index in [1.54, 1.807) is 0 Å². The minimum absolute atomic E-state index is 0.126. The molecule has 0 saturated carbocycles. The summed E-state index contributed by atoms with van der Waals surface area (Å²) in [5, 5.41) is 20.4. The number of rotatable bonds is 3. The van der Waals surface area contributed by atoms with Gasteiger partial charge in [-0.05, 0) is 12.5 Å². The Morgan fingerprint density at radius 1 is 1.12 bits per heavy atom. The number of hydrogen-bond donors (Lipinski definition) is 2. The van der Waals surface area contributed by atoms with Gasteiger partial charge in [0.25, 0.3) is 0 Å². The van der Waals surface area contributed by atoms with Crippen molar-refractivity contribution >= 4 is 0 Å². The standard InChI is InChI=1S/C17H22O7/c1-17(14(24-17)9-6-4-3-5-7-9)16-21-8-10-13(23-16)11(18)12(19)15(20-2)22-10/h3-7,10-16,18-19H,8H2,1-2H3/t10-,11-,12-,13-,14+,15+,16-,17-/m1/s1. The monoisotopic (exact) mass is 338 g/mol. The van der Waals surface area contributed by atoms with E-state index in [1.165, 1.54) is 7.11 Å². The first-order chi connectivity index (χ1) is 11.5. The maximum absolute atomic E-state index is 10.3. The maximum atomic E-state index is 10.3. The quantitative estimate of drug-likeness (QED) is 0.769. The van der Waals surface area contributed by atoms with E-state index in [9.17, 15) is 10.2 Å². The number of epoxide rings is 1. The highest BCUT2D eigenvalue weighted by Crippen LogP contribution is 2.53. The van der Waals surface area contributed by atoms with Crippen molar-refractivity contribution in [2.24, 2.45) is 0 Å². The minimum atomic E-state index is -1.17. The third-order valence-corrected chi connectivity index (χ3v) is 4.97. The molecule has 0 amide bonds. The molecule has 0 spiro atoms. The lowest BCUT2D eigenvalue weighted by atomic mass is 9.96. The molecule has 7 nitrogen and oxygen atoms in total. The van der Waals surface area contributed by atoms with Crippen molar-refractivity contribution in [1.82, 2.24) is 0 Å². The van der Waals surface area contributed by atoms with Gasteiger partial charge < -0.3 is 33.9 Å². The van der Waals surface area contributed by atoms with Gasteiger partial charge >= 0.3 is 0 Å². The number of methoxy groups -OCH3 is 1. The van der Waals surface area contributed by atoms with Crippen molar-refractivity contribution in [3.8, 4) is 0 Å². The van der Waals surface area contributed by atoms with E-state index in [4.69, 9.17) is 23.7 Å². The summed E-state index contributed by atoms with van der Waals surface area (Å²) in [6, 6.07) is 9.84. The number of aliphatic hydroxyl groups excluding tert-OH is 2. The predicted molar refractivity (Wildman–Crippen MR) is 81.0 cm³/mol. The van der Waals surface area contributed by atoms with Crippen LogP contribution in [0.3, 0.4) is 0 Å². The van der Waals surface area contributed by atoms with Crippen molar-refractivity contribution in [1.29, 1.82) is 0 Å². The molecule has 3 saturated heterocycles. The van der Waals surface area contributed by atoms with Crippen LogP contribution < -0.4 is 0 Å². The molecule has 0 radical (unpaired) electrons. The van der Waals surface area contributed by atoms with Crippen LogP contribution in [-0.2, 0) is 23.7 Å². The lowest BCUT2D eigenvalue weighted by Gasteiger charge is -2.46. The Kier molecular flexibility index (Phi) is 4.12. The molecule has 0 bridgehead atoms. The summed E-state index contributed by atoms with van der Waals surface area (Å²) in [5.74, 6) is 0. The fraction of sp³-hybridized carbons (Fsp3) is 0.647. The molecule has 1 aromatic carbocycles. The van der Waals surface area contributed by atoms with Crippen LogP contribution in [0.4, 0.5) is 0 Å². The van der Waals surface area contributed by atoms with Crippen molar-refractivity contribution in [2.45, 2.75) is 55.6 Å². The number of aliphatic hydroxyl groups is 2. The number of ether oxygens (including phenoxy) is 5. The molecule has 0 aromatic heterocycles. The molecule has 8 atom stereocenters. The lowest BCUT2D eigenvalue weighted by molar-refractivity contribution is -0.362. The Hall–Kier alpha value is -1.06. The fourth-order valence-corrected chi connectivity index (χ4v) is 3.49. The first-order valence-electron chi connectivity index (χ1n) is 8.09. The third-order valence-electron chi connectivity index (χ3n) is 4.97. The molecule has 3 aliphatic heterocycles. The van der Waals surface area contributed by atoms with Crippen molar-refractivity contribution in [3.63, 3.8) is 0 Å². The van der Waals surface area contributed by atoms with E-state index < -0.39 is 42.6 Å². The normalized spacial score (nSPS) is 47.9. The number of fused-ring (bicyclic) bond motifs is 1. The summed E-state index contributed by atoms with van der Waals surface area (Å²) in [6.45, 7) is 2.15. The van der Waals surface area contributed by atoms with Crippen LogP contribution in [0.2, 0.25) is 0 Å². The van der Waals surface area contributed by atoms with Gasteiger partial charge in [0.05, 0.1) is 6.61 Å². The molecule has 132 valence electrons. The van der Waals surface area contributed by atoms with Crippen molar-refractivity contribution in [2.75, 3.05) is 13.7 Å². The molecular weight excluding hydrogens is 316 g/mol. The van der Waals surface area contributed by atoms with E-state index in [0.29, 0.717) is 0 Å². The number of benzene rings is 1. The molecule has 7 heteroatoms. The largest absolute Gasteiger partial charge is 0.387 e. The Balaban J connectivity index is 1.47. The van der Waals surface area contributed by atoms with E-state index in [1.807, 2.05) is 37.3 Å². The molecule has 4 rings (SSSR count). The Labute approximate surface area is 140 Å². The van der Waals surface area contributed by atoms with Gasteiger partial charge in [-0.2, -0.15) is 0 Å². The maximum Gasteiger partial charge on any atom is 0.189 e. The van der Waals surface area contributed by atoms with Gasteiger partial charge in [0, 0.05) is 7.11 Å². The van der Waals surface area contributed by atoms with Crippen LogP contribution >= 0.6 is 0 Å². The zero-order valence-electron chi connectivity index (χ0n) is 13.6. The Morgan fingerprint density at radius 3 is 2.58 bits per heavy atom. The average Bonchev–Trinajstić information content (AvgIpc) is 3.31. The first kappa shape index (κ1) is 16.4.